The Morgan fingerprint density at radius 1 is 1.06 bits per heavy atom. The number of nitrogens with one attached hydrogen (secondary N) is 1. The molecule has 3 aromatic rings. The van der Waals surface area contributed by atoms with Gasteiger partial charge in [-0.15, -0.1) is 5.10 Å². The van der Waals surface area contributed by atoms with Gasteiger partial charge in [-0.05, 0) is 83.6 Å². The highest BCUT2D eigenvalue weighted by Gasteiger charge is 2.13. The highest BCUT2D eigenvalue weighted by Crippen LogP contribution is 2.31. The van der Waals surface area contributed by atoms with E-state index in [9.17, 15) is 0 Å². The number of rotatable bonds is 6. The lowest BCUT2D eigenvalue weighted by atomic mass is 9.87. The Morgan fingerprint density at radius 2 is 1.75 bits per heavy atom. The number of nitrogens with zero attached hydrogens (tertiary/aromatic N) is 3. The maximum atomic E-state index is 6.17. The molecule has 6 heteroatoms. The van der Waals surface area contributed by atoms with Gasteiger partial charge in [0.25, 0.3) is 0 Å². The van der Waals surface area contributed by atoms with Gasteiger partial charge in [0, 0.05) is 28.9 Å². The van der Waals surface area contributed by atoms with Crippen molar-refractivity contribution in [3.63, 3.8) is 0 Å². The lowest BCUT2D eigenvalue weighted by molar-refractivity contribution is 0.590. The largest absolute Gasteiger partial charge is 0.335 e. The van der Waals surface area contributed by atoms with Gasteiger partial charge in [-0.25, -0.2) is 0 Å². The summed E-state index contributed by atoms with van der Waals surface area (Å²) in [5, 5.41) is 8.30. The Balaban J connectivity index is 0.000000303. The fraction of sp³-hybridized carbons (Fsp3) is 0.231. The first-order valence-corrected chi connectivity index (χ1v) is 11.4. The van der Waals surface area contributed by atoms with E-state index in [1.165, 1.54) is 10.5 Å². The van der Waals surface area contributed by atoms with Crippen LogP contribution in [0.25, 0.3) is 6.08 Å². The second kappa shape index (κ2) is 11.7. The van der Waals surface area contributed by atoms with Crippen molar-refractivity contribution in [2.75, 3.05) is 16.7 Å². The smallest absolute Gasteiger partial charge is 0.154 e. The van der Waals surface area contributed by atoms with Crippen LogP contribution in [0, 0.1) is 6.92 Å². The summed E-state index contributed by atoms with van der Waals surface area (Å²) in [6, 6.07) is 16.3. The summed E-state index contributed by atoms with van der Waals surface area (Å²) in [6.07, 6.45) is 5.12. The molecule has 0 saturated carbocycles. The second-order valence-electron chi connectivity index (χ2n) is 8.19. The summed E-state index contributed by atoms with van der Waals surface area (Å²) in [4.78, 5) is 2.98. The van der Waals surface area contributed by atoms with Gasteiger partial charge in [0.2, 0.25) is 0 Å². The molecule has 1 aromatic heterocycles. The molecule has 0 unspecified atom stereocenters. The van der Waals surface area contributed by atoms with E-state index in [1.54, 1.807) is 35.3 Å². The first kappa shape index (κ1) is 25.5. The maximum Gasteiger partial charge on any atom is 0.154 e. The summed E-state index contributed by atoms with van der Waals surface area (Å²) in [6.45, 7) is 16.1. The van der Waals surface area contributed by atoms with E-state index in [4.69, 9.17) is 11.6 Å². The van der Waals surface area contributed by atoms with Gasteiger partial charge >= 0.3 is 0 Å². The molecule has 0 saturated heterocycles. The van der Waals surface area contributed by atoms with Crippen molar-refractivity contribution >= 4 is 41.1 Å². The summed E-state index contributed by atoms with van der Waals surface area (Å²) in [7, 11) is 1.87. The standard InChI is InChI=1S/C19H22ClNS.C7H9N3/c1-6-16-13(2)18(12-11-17(16)20)21-22-15-9-7-14(8-10-15)19(3,4)5;1-3-10(2)7-5-4-6-8-9-7/h6-12,21H,1H2,2-5H3;3-6H,1H2,2H3. The molecule has 2 aromatic carbocycles. The predicted molar refractivity (Wildman–Crippen MR) is 142 cm³/mol. The fourth-order valence-electron chi connectivity index (χ4n) is 2.77. The average Bonchev–Trinajstić information content (AvgIpc) is 2.79. The minimum Gasteiger partial charge on any atom is -0.335 e. The van der Waals surface area contributed by atoms with Crippen molar-refractivity contribution in [3.8, 4) is 0 Å². The number of anilines is 2. The number of halogens is 1. The van der Waals surface area contributed by atoms with E-state index in [1.807, 2.05) is 31.3 Å². The number of hydrogen-bond donors (Lipinski definition) is 1. The Bertz CT molecular complexity index is 1030. The van der Waals surface area contributed by atoms with Crippen molar-refractivity contribution in [1.29, 1.82) is 0 Å². The molecule has 0 bridgehead atoms. The summed E-state index contributed by atoms with van der Waals surface area (Å²) >= 11 is 7.78. The first-order valence-electron chi connectivity index (χ1n) is 10.3. The highest BCUT2D eigenvalue weighted by atomic mass is 35.5. The van der Waals surface area contributed by atoms with Gasteiger partial charge in [-0.1, -0.05) is 63.7 Å². The van der Waals surface area contributed by atoms with Crippen LogP contribution in [0.4, 0.5) is 11.5 Å². The van der Waals surface area contributed by atoms with Gasteiger partial charge in [0.05, 0.1) is 0 Å². The molecule has 0 aliphatic heterocycles. The Morgan fingerprint density at radius 3 is 2.28 bits per heavy atom. The first-order chi connectivity index (χ1) is 15.2. The lowest BCUT2D eigenvalue weighted by Crippen LogP contribution is -2.10. The number of aromatic nitrogens is 2. The number of benzene rings is 2. The molecule has 3 rings (SSSR count). The van der Waals surface area contributed by atoms with E-state index in [0.717, 1.165) is 27.7 Å². The molecular weight excluding hydrogens is 436 g/mol. The SMILES string of the molecule is C=CN(C)c1cccnn1.C=Cc1c(Cl)ccc(NSc2ccc(C(C)(C)C)cc2)c1C. The van der Waals surface area contributed by atoms with Crippen LogP contribution < -0.4 is 9.62 Å². The fourth-order valence-corrected chi connectivity index (χ4v) is 3.77. The normalized spacial score (nSPS) is 10.6. The van der Waals surface area contributed by atoms with E-state index >= 15 is 0 Å². The quantitative estimate of drug-likeness (QED) is 0.376. The Hall–Kier alpha value is -2.76. The Kier molecular flexibility index (Phi) is 9.36. The van der Waals surface area contributed by atoms with E-state index < -0.39 is 0 Å². The second-order valence-corrected chi connectivity index (χ2v) is 9.48. The minimum atomic E-state index is 0.183. The van der Waals surface area contributed by atoms with Gasteiger partial charge < -0.3 is 9.62 Å². The maximum absolute atomic E-state index is 6.17. The number of hydrogen-bond acceptors (Lipinski definition) is 5. The molecule has 4 nitrogen and oxygen atoms in total. The van der Waals surface area contributed by atoms with E-state index in [0.29, 0.717) is 0 Å². The van der Waals surface area contributed by atoms with Crippen LogP contribution in [0.15, 0.2) is 79.0 Å². The van der Waals surface area contributed by atoms with Crippen molar-refractivity contribution < 1.29 is 0 Å². The molecule has 0 amide bonds. The molecule has 0 spiro atoms. The summed E-state index contributed by atoms with van der Waals surface area (Å²) in [5.41, 5.74) is 4.68. The summed E-state index contributed by atoms with van der Waals surface area (Å²) in [5.74, 6) is 0.803. The predicted octanol–water partition coefficient (Wildman–Crippen LogP) is 7.76. The lowest BCUT2D eigenvalue weighted by Gasteiger charge is -2.19. The topological polar surface area (TPSA) is 41.1 Å². The van der Waals surface area contributed by atoms with Crippen LogP contribution in [0.5, 0.6) is 0 Å². The Labute approximate surface area is 201 Å². The highest BCUT2D eigenvalue weighted by molar-refractivity contribution is 8.00. The molecule has 32 heavy (non-hydrogen) atoms. The zero-order valence-electron chi connectivity index (χ0n) is 19.4. The van der Waals surface area contributed by atoms with E-state index in [2.05, 4.69) is 80.0 Å². The van der Waals surface area contributed by atoms with Crippen molar-refractivity contribution in [2.45, 2.75) is 38.0 Å². The van der Waals surface area contributed by atoms with Gasteiger partial charge in [-0.3, -0.25) is 0 Å². The molecule has 0 aliphatic rings. The third-order valence-electron chi connectivity index (χ3n) is 4.86. The third kappa shape index (κ3) is 7.14. The van der Waals surface area contributed by atoms with Crippen molar-refractivity contribution in [2.24, 2.45) is 0 Å². The van der Waals surface area contributed by atoms with Gasteiger partial charge in [0.1, 0.15) is 0 Å². The molecule has 0 radical (unpaired) electrons. The van der Waals surface area contributed by atoms with Crippen molar-refractivity contribution in [1.82, 2.24) is 10.2 Å². The van der Waals surface area contributed by atoms with Crippen LogP contribution in [-0.4, -0.2) is 17.2 Å². The van der Waals surface area contributed by atoms with Crippen LogP contribution >= 0.6 is 23.5 Å². The molecule has 1 N–H and O–H groups in total. The van der Waals surface area contributed by atoms with E-state index in [-0.39, 0.29) is 5.41 Å². The van der Waals surface area contributed by atoms with Crippen LogP contribution in [0.3, 0.4) is 0 Å². The zero-order valence-corrected chi connectivity index (χ0v) is 21.0. The molecule has 168 valence electrons. The van der Waals surface area contributed by atoms with Crippen LogP contribution in [-0.2, 0) is 5.41 Å². The van der Waals surface area contributed by atoms with Crippen molar-refractivity contribution in [3.05, 3.63) is 95.8 Å². The summed E-state index contributed by atoms with van der Waals surface area (Å²) < 4.78 is 3.40. The zero-order chi connectivity index (χ0) is 23.7. The molecule has 0 atom stereocenters. The van der Waals surface area contributed by atoms with Gasteiger partial charge in [0.15, 0.2) is 5.82 Å². The molecule has 0 fully saturated rings. The molecule has 1 heterocycles. The van der Waals surface area contributed by atoms with Crippen LogP contribution in [0.2, 0.25) is 5.02 Å². The van der Waals surface area contributed by atoms with Gasteiger partial charge in [-0.2, -0.15) is 5.10 Å². The minimum absolute atomic E-state index is 0.183. The molecule has 0 aliphatic carbocycles. The monoisotopic (exact) mass is 466 g/mol. The van der Waals surface area contributed by atoms with Crippen LogP contribution in [0.1, 0.15) is 37.5 Å². The average molecular weight is 467 g/mol. The third-order valence-corrected chi connectivity index (χ3v) is 6.02. The molecular formula is C26H31ClN4S.